The van der Waals surface area contributed by atoms with Gasteiger partial charge in [-0.3, -0.25) is 0 Å². The Bertz CT molecular complexity index is 1140. The van der Waals surface area contributed by atoms with E-state index in [0.29, 0.717) is 6.61 Å². The average Bonchev–Trinajstić information content (AvgIpc) is 2.66. The van der Waals surface area contributed by atoms with Gasteiger partial charge in [-0.2, -0.15) is 0 Å². The molecule has 0 N–H and O–H groups in total. The maximum atomic E-state index is 6.27. The summed E-state index contributed by atoms with van der Waals surface area (Å²) in [6.45, 7) is 4.97. The van der Waals surface area contributed by atoms with Gasteiger partial charge in [-0.25, -0.2) is 0 Å². The predicted molar refractivity (Wildman–Crippen MR) is 105 cm³/mol. The first-order chi connectivity index (χ1) is 12.2. The zero-order valence-corrected chi connectivity index (χ0v) is 14.6. The molecule has 0 amide bonds. The molecule has 1 nitrogen and oxygen atoms in total. The van der Waals surface area contributed by atoms with Crippen molar-refractivity contribution in [3.63, 3.8) is 0 Å². The molecular weight excluding hydrogens is 304 g/mol. The van der Waals surface area contributed by atoms with Crippen molar-refractivity contribution in [2.75, 3.05) is 0 Å². The Morgan fingerprint density at radius 2 is 1.56 bits per heavy atom. The van der Waals surface area contributed by atoms with Crippen LogP contribution in [0.15, 0.2) is 60.7 Å². The highest BCUT2D eigenvalue weighted by Gasteiger charge is 2.21. The molecule has 122 valence electrons. The Morgan fingerprint density at radius 1 is 0.800 bits per heavy atom. The highest BCUT2D eigenvalue weighted by atomic mass is 16.5. The quantitative estimate of drug-likeness (QED) is 0.392. The molecule has 1 heterocycles. The van der Waals surface area contributed by atoms with Gasteiger partial charge in [0.1, 0.15) is 12.4 Å². The van der Waals surface area contributed by atoms with E-state index in [2.05, 4.69) is 74.5 Å². The first kappa shape index (κ1) is 14.5. The van der Waals surface area contributed by atoms with Gasteiger partial charge in [-0.05, 0) is 40.6 Å². The van der Waals surface area contributed by atoms with Gasteiger partial charge in [0.05, 0.1) is 0 Å². The molecule has 0 spiro atoms. The zero-order chi connectivity index (χ0) is 17.0. The molecule has 0 aromatic heterocycles. The minimum Gasteiger partial charge on any atom is -0.488 e. The van der Waals surface area contributed by atoms with Crippen molar-refractivity contribution in [3.8, 4) is 16.9 Å². The maximum absolute atomic E-state index is 6.27. The fraction of sp³-hybridized carbons (Fsp3) is 0.167. The highest BCUT2D eigenvalue weighted by molar-refractivity contribution is 6.00. The third-order valence-electron chi connectivity index (χ3n) is 5.38. The molecule has 0 fully saturated rings. The standard InChI is InChI=1S/C24H20O/c1-3-16-5-9-19-18(13-16)6-10-21-22-11-7-17-12-15(2)4-8-20(17)24(22)25-14-23(19)21/h4-13H,3,14H2,1-2H3. The summed E-state index contributed by atoms with van der Waals surface area (Å²) in [7, 11) is 0. The van der Waals surface area contributed by atoms with Crippen LogP contribution in [0.2, 0.25) is 0 Å². The van der Waals surface area contributed by atoms with Crippen LogP contribution in [0, 0.1) is 6.92 Å². The molecule has 0 unspecified atom stereocenters. The third kappa shape index (κ3) is 2.16. The molecule has 0 atom stereocenters. The molecule has 1 aliphatic rings. The lowest BCUT2D eigenvalue weighted by Gasteiger charge is -2.24. The van der Waals surface area contributed by atoms with Crippen LogP contribution in [0.25, 0.3) is 32.7 Å². The molecular formula is C24H20O. The summed E-state index contributed by atoms with van der Waals surface area (Å²) in [6, 6.07) is 22.3. The number of rotatable bonds is 1. The van der Waals surface area contributed by atoms with Crippen LogP contribution in [-0.2, 0) is 13.0 Å². The monoisotopic (exact) mass is 324 g/mol. The molecule has 0 aliphatic carbocycles. The zero-order valence-electron chi connectivity index (χ0n) is 14.6. The van der Waals surface area contributed by atoms with Crippen LogP contribution in [0.5, 0.6) is 5.75 Å². The summed E-state index contributed by atoms with van der Waals surface area (Å²) in [4.78, 5) is 0. The van der Waals surface area contributed by atoms with Crippen molar-refractivity contribution in [3.05, 3.63) is 77.4 Å². The fourth-order valence-electron chi connectivity index (χ4n) is 4.00. The fourth-order valence-corrected chi connectivity index (χ4v) is 4.00. The summed E-state index contributed by atoms with van der Waals surface area (Å²) < 4.78 is 6.27. The van der Waals surface area contributed by atoms with Crippen LogP contribution in [0.3, 0.4) is 0 Å². The van der Waals surface area contributed by atoms with Gasteiger partial charge in [-0.15, -0.1) is 0 Å². The number of hydrogen-bond acceptors (Lipinski definition) is 1. The van der Waals surface area contributed by atoms with Gasteiger partial charge in [0.25, 0.3) is 0 Å². The SMILES string of the molecule is CCc1ccc2c3c(ccc2c1)-c1ccc2cc(C)ccc2c1OC3. The number of aryl methyl sites for hydroxylation is 2. The lowest BCUT2D eigenvalue weighted by molar-refractivity contribution is 0.308. The van der Waals surface area contributed by atoms with E-state index >= 15 is 0 Å². The molecule has 4 aromatic carbocycles. The van der Waals surface area contributed by atoms with Crippen LogP contribution >= 0.6 is 0 Å². The molecule has 1 heteroatoms. The van der Waals surface area contributed by atoms with Crippen LogP contribution in [0.1, 0.15) is 23.6 Å². The summed E-state index contributed by atoms with van der Waals surface area (Å²) >= 11 is 0. The smallest absolute Gasteiger partial charge is 0.135 e. The van der Waals surface area contributed by atoms with Gasteiger partial charge in [0.2, 0.25) is 0 Å². The second-order valence-corrected chi connectivity index (χ2v) is 6.96. The molecule has 0 radical (unpaired) electrons. The first-order valence-electron chi connectivity index (χ1n) is 8.95. The number of benzene rings is 4. The molecule has 1 aliphatic heterocycles. The highest BCUT2D eigenvalue weighted by Crippen LogP contribution is 2.44. The van der Waals surface area contributed by atoms with Crippen molar-refractivity contribution in [2.24, 2.45) is 0 Å². The first-order valence-corrected chi connectivity index (χ1v) is 8.95. The number of hydrogen-bond donors (Lipinski definition) is 0. The molecule has 0 saturated heterocycles. The second-order valence-electron chi connectivity index (χ2n) is 6.96. The minimum atomic E-state index is 0.637. The largest absolute Gasteiger partial charge is 0.488 e. The van der Waals surface area contributed by atoms with Crippen LogP contribution < -0.4 is 4.74 Å². The van der Waals surface area contributed by atoms with Crippen molar-refractivity contribution in [1.82, 2.24) is 0 Å². The Morgan fingerprint density at radius 3 is 2.40 bits per heavy atom. The topological polar surface area (TPSA) is 9.23 Å². The van der Waals surface area contributed by atoms with E-state index in [0.717, 1.165) is 12.2 Å². The van der Waals surface area contributed by atoms with Crippen molar-refractivity contribution in [1.29, 1.82) is 0 Å². The Balaban J connectivity index is 1.78. The van der Waals surface area contributed by atoms with E-state index in [9.17, 15) is 0 Å². The Hall–Kier alpha value is -2.80. The summed E-state index contributed by atoms with van der Waals surface area (Å²) in [5, 5.41) is 5.07. The van der Waals surface area contributed by atoms with Gasteiger partial charge in [0.15, 0.2) is 0 Å². The van der Waals surface area contributed by atoms with E-state index in [1.54, 1.807) is 0 Å². The van der Waals surface area contributed by atoms with Crippen molar-refractivity contribution < 1.29 is 4.74 Å². The van der Waals surface area contributed by atoms with Crippen molar-refractivity contribution in [2.45, 2.75) is 26.9 Å². The Labute approximate surface area is 147 Å². The van der Waals surface area contributed by atoms with Gasteiger partial charge < -0.3 is 4.74 Å². The number of fused-ring (bicyclic) bond motifs is 7. The summed E-state index contributed by atoms with van der Waals surface area (Å²) in [6.07, 6.45) is 1.07. The normalized spacial score (nSPS) is 12.7. The molecule has 0 saturated carbocycles. The second kappa shape index (κ2) is 5.35. The predicted octanol–water partition coefficient (Wildman–Crippen LogP) is 6.42. The molecule has 0 bridgehead atoms. The summed E-state index contributed by atoms with van der Waals surface area (Å²) in [5.74, 6) is 1.02. The van der Waals surface area contributed by atoms with Gasteiger partial charge in [-0.1, -0.05) is 73.2 Å². The third-order valence-corrected chi connectivity index (χ3v) is 5.38. The van der Waals surface area contributed by atoms with E-state index in [-0.39, 0.29) is 0 Å². The number of ether oxygens (including phenoxy) is 1. The Kier molecular flexibility index (Phi) is 3.11. The van der Waals surface area contributed by atoms with E-state index in [4.69, 9.17) is 4.74 Å². The van der Waals surface area contributed by atoms with Crippen LogP contribution in [0.4, 0.5) is 0 Å². The summed E-state index contributed by atoms with van der Waals surface area (Å²) in [5.41, 5.74) is 6.48. The van der Waals surface area contributed by atoms with E-state index < -0.39 is 0 Å². The van der Waals surface area contributed by atoms with E-state index in [1.165, 1.54) is 49.4 Å². The molecule has 4 aromatic rings. The van der Waals surface area contributed by atoms with Gasteiger partial charge >= 0.3 is 0 Å². The minimum absolute atomic E-state index is 0.637. The molecule has 25 heavy (non-hydrogen) atoms. The maximum Gasteiger partial charge on any atom is 0.135 e. The lowest BCUT2D eigenvalue weighted by Crippen LogP contribution is -2.06. The lowest BCUT2D eigenvalue weighted by atomic mass is 9.90. The van der Waals surface area contributed by atoms with E-state index in [1.807, 2.05) is 0 Å². The van der Waals surface area contributed by atoms with Crippen LogP contribution in [-0.4, -0.2) is 0 Å². The van der Waals surface area contributed by atoms with Crippen molar-refractivity contribution >= 4 is 21.5 Å². The molecule has 5 rings (SSSR count). The average molecular weight is 324 g/mol. The van der Waals surface area contributed by atoms with Gasteiger partial charge in [0, 0.05) is 16.5 Å².